The van der Waals surface area contributed by atoms with Crippen LogP contribution in [0.5, 0.6) is 0 Å². The smallest absolute Gasteiger partial charge is 0.0737 e. The number of hydrogen-bond donors (Lipinski definition) is 1. The molecule has 0 radical (unpaired) electrons. The number of methoxy groups -OCH3 is 1. The van der Waals surface area contributed by atoms with E-state index < -0.39 is 0 Å². The summed E-state index contributed by atoms with van der Waals surface area (Å²) in [5, 5.41) is 5.18. The standard InChI is InChI=1S/C13H15ClN2O/c1-17-8-2-6-15-12-5-7-16-13-9-10(14)3-4-11(12)13/h3-5,7,9H,2,6,8H2,1H3,(H,15,16). The van der Waals surface area contributed by atoms with Crippen molar-refractivity contribution in [1.29, 1.82) is 0 Å². The molecular weight excluding hydrogens is 236 g/mol. The van der Waals surface area contributed by atoms with Crippen molar-refractivity contribution in [3.63, 3.8) is 0 Å². The third-order valence-corrected chi connectivity index (χ3v) is 2.78. The van der Waals surface area contributed by atoms with Crippen molar-refractivity contribution in [2.24, 2.45) is 0 Å². The highest BCUT2D eigenvalue weighted by molar-refractivity contribution is 6.31. The zero-order valence-electron chi connectivity index (χ0n) is 9.74. The van der Waals surface area contributed by atoms with E-state index in [1.54, 1.807) is 13.3 Å². The molecule has 0 unspecified atom stereocenters. The van der Waals surface area contributed by atoms with Gasteiger partial charge in [-0.2, -0.15) is 0 Å². The van der Waals surface area contributed by atoms with Gasteiger partial charge in [0.25, 0.3) is 0 Å². The van der Waals surface area contributed by atoms with E-state index in [0.29, 0.717) is 5.02 Å². The number of pyridine rings is 1. The van der Waals surface area contributed by atoms with E-state index in [0.717, 1.165) is 36.2 Å². The molecule has 0 fully saturated rings. The molecule has 0 saturated carbocycles. The topological polar surface area (TPSA) is 34.1 Å². The lowest BCUT2D eigenvalue weighted by atomic mass is 10.2. The average Bonchev–Trinajstić information content (AvgIpc) is 2.34. The molecule has 1 aromatic carbocycles. The molecule has 17 heavy (non-hydrogen) atoms. The van der Waals surface area contributed by atoms with Crippen LogP contribution >= 0.6 is 11.6 Å². The van der Waals surface area contributed by atoms with Gasteiger partial charge in [-0.05, 0) is 30.7 Å². The van der Waals surface area contributed by atoms with E-state index in [9.17, 15) is 0 Å². The number of hydrogen-bond acceptors (Lipinski definition) is 3. The largest absolute Gasteiger partial charge is 0.385 e. The molecule has 0 bridgehead atoms. The Morgan fingerprint density at radius 3 is 3.06 bits per heavy atom. The molecule has 1 heterocycles. The number of nitrogens with zero attached hydrogens (tertiary/aromatic N) is 1. The minimum atomic E-state index is 0.710. The second-order valence-electron chi connectivity index (χ2n) is 3.79. The highest BCUT2D eigenvalue weighted by atomic mass is 35.5. The molecule has 0 aliphatic carbocycles. The van der Waals surface area contributed by atoms with Gasteiger partial charge in [0.15, 0.2) is 0 Å². The molecule has 2 rings (SSSR count). The van der Waals surface area contributed by atoms with E-state index in [2.05, 4.69) is 10.3 Å². The molecule has 4 heteroatoms. The van der Waals surface area contributed by atoms with Crippen LogP contribution in [-0.2, 0) is 4.74 Å². The highest BCUT2D eigenvalue weighted by Gasteiger charge is 2.01. The van der Waals surface area contributed by atoms with Crippen LogP contribution < -0.4 is 5.32 Å². The first-order chi connectivity index (χ1) is 8.31. The van der Waals surface area contributed by atoms with Gasteiger partial charge in [-0.3, -0.25) is 4.98 Å². The number of anilines is 1. The van der Waals surface area contributed by atoms with Crippen LogP contribution in [-0.4, -0.2) is 25.2 Å². The van der Waals surface area contributed by atoms with Crippen molar-refractivity contribution in [2.45, 2.75) is 6.42 Å². The number of benzene rings is 1. The molecule has 1 aromatic heterocycles. The Balaban J connectivity index is 2.16. The minimum Gasteiger partial charge on any atom is -0.385 e. The van der Waals surface area contributed by atoms with Crippen molar-refractivity contribution < 1.29 is 4.74 Å². The number of rotatable bonds is 5. The fourth-order valence-electron chi connectivity index (χ4n) is 1.71. The summed E-state index contributed by atoms with van der Waals surface area (Å²) in [6.07, 6.45) is 2.77. The molecule has 1 N–H and O–H groups in total. The van der Waals surface area contributed by atoms with Gasteiger partial charge in [0.2, 0.25) is 0 Å². The summed E-state index contributed by atoms with van der Waals surface area (Å²) in [7, 11) is 1.71. The maximum absolute atomic E-state index is 5.94. The van der Waals surface area contributed by atoms with Crippen LogP contribution in [0.15, 0.2) is 30.5 Å². The van der Waals surface area contributed by atoms with Crippen molar-refractivity contribution >= 4 is 28.2 Å². The fourth-order valence-corrected chi connectivity index (χ4v) is 1.88. The van der Waals surface area contributed by atoms with Gasteiger partial charge >= 0.3 is 0 Å². The van der Waals surface area contributed by atoms with Gasteiger partial charge in [0.05, 0.1) is 5.52 Å². The molecule has 2 aromatic rings. The average molecular weight is 251 g/mol. The van der Waals surface area contributed by atoms with Crippen molar-refractivity contribution in [1.82, 2.24) is 4.98 Å². The minimum absolute atomic E-state index is 0.710. The number of halogens is 1. The molecule has 90 valence electrons. The number of nitrogens with one attached hydrogen (secondary N) is 1. The summed E-state index contributed by atoms with van der Waals surface area (Å²) in [4.78, 5) is 4.30. The lowest BCUT2D eigenvalue weighted by Crippen LogP contribution is -2.05. The zero-order chi connectivity index (χ0) is 12.1. The van der Waals surface area contributed by atoms with Crippen LogP contribution in [0.3, 0.4) is 0 Å². The highest BCUT2D eigenvalue weighted by Crippen LogP contribution is 2.24. The zero-order valence-corrected chi connectivity index (χ0v) is 10.5. The Bertz CT molecular complexity index is 502. The molecule has 0 spiro atoms. The van der Waals surface area contributed by atoms with E-state index in [1.165, 1.54) is 0 Å². The first-order valence-corrected chi connectivity index (χ1v) is 5.96. The van der Waals surface area contributed by atoms with Gasteiger partial charge < -0.3 is 10.1 Å². The Hall–Kier alpha value is -1.32. The van der Waals surface area contributed by atoms with Gasteiger partial charge in [-0.25, -0.2) is 0 Å². The van der Waals surface area contributed by atoms with Gasteiger partial charge in [0.1, 0.15) is 0 Å². The van der Waals surface area contributed by atoms with Crippen molar-refractivity contribution in [2.75, 3.05) is 25.6 Å². The van der Waals surface area contributed by atoms with Crippen LogP contribution in [0.2, 0.25) is 5.02 Å². The van der Waals surface area contributed by atoms with E-state index in [4.69, 9.17) is 16.3 Å². The predicted molar refractivity (Wildman–Crippen MR) is 71.7 cm³/mol. The summed E-state index contributed by atoms with van der Waals surface area (Å²) in [6, 6.07) is 7.72. The summed E-state index contributed by atoms with van der Waals surface area (Å²) < 4.78 is 5.01. The Morgan fingerprint density at radius 1 is 1.35 bits per heavy atom. The Kier molecular flexibility index (Phi) is 4.18. The van der Waals surface area contributed by atoms with E-state index in [1.807, 2.05) is 24.3 Å². The van der Waals surface area contributed by atoms with Crippen molar-refractivity contribution in [3.8, 4) is 0 Å². The molecule has 3 nitrogen and oxygen atoms in total. The summed E-state index contributed by atoms with van der Waals surface area (Å²) in [5.74, 6) is 0. The number of aromatic nitrogens is 1. The third-order valence-electron chi connectivity index (χ3n) is 2.55. The molecule has 0 atom stereocenters. The SMILES string of the molecule is COCCCNc1ccnc2cc(Cl)ccc12. The second-order valence-corrected chi connectivity index (χ2v) is 4.23. The number of fused-ring (bicyclic) bond motifs is 1. The summed E-state index contributed by atoms with van der Waals surface area (Å²) in [6.45, 7) is 1.65. The quantitative estimate of drug-likeness (QED) is 0.827. The normalized spacial score (nSPS) is 10.7. The third kappa shape index (κ3) is 3.08. The lowest BCUT2D eigenvalue weighted by molar-refractivity contribution is 0.198. The predicted octanol–water partition coefficient (Wildman–Crippen LogP) is 3.34. The maximum atomic E-state index is 5.94. The van der Waals surface area contributed by atoms with Crippen LogP contribution in [0, 0.1) is 0 Å². The van der Waals surface area contributed by atoms with Crippen LogP contribution in [0.25, 0.3) is 10.9 Å². The summed E-state index contributed by atoms with van der Waals surface area (Å²) in [5.41, 5.74) is 2.00. The molecule has 0 saturated heterocycles. The number of ether oxygens (including phenoxy) is 1. The monoisotopic (exact) mass is 250 g/mol. The lowest BCUT2D eigenvalue weighted by Gasteiger charge is -2.09. The maximum Gasteiger partial charge on any atom is 0.0737 e. The van der Waals surface area contributed by atoms with Crippen LogP contribution in [0.4, 0.5) is 5.69 Å². The first-order valence-electron chi connectivity index (χ1n) is 5.58. The van der Waals surface area contributed by atoms with Gasteiger partial charge in [-0.1, -0.05) is 11.6 Å². The molecule has 0 aliphatic rings. The molecule has 0 amide bonds. The molecule has 0 aliphatic heterocycles. The van der Waals surface area contributed by atoms with Crippen LogP contribution in [0.1, 0.15) is 6.42 Å². The van der Waals surface area contributed by atoms with E-state index in [-0.39, 0.29) is 0 Å². The summed E-state index contributed by atoms with van der Waals surface area (Å²) >= 11 is 5.94. The van der Waals surface area contributed by atoms with Crippen molar-refractivity contribution in [3.05, 3.63) is 35.5 Å². The van der Waals surface area contributed by atoms with E-state index >= 15 is 0 Å². The second kappa shape index (κ2) is 5.84. The molecular formula is C13H15ClN2O. The Labute approximate surface area is 106 Å². The Morgan fingerprint density at radius 2 is 2.24 bits per heavy atom. The van der Waals surface area contributed by atoms with Gasteiger partial charge in [0, 0.05) is 42.6 Å². The van der Waals surface area contributed by atoms with Gasteiger partial charge in [-0.15, -0.1) is 0 Å². The fraction of sp³-hybridized carbons (Fsp3) is 0.308. The first kappa shape index (κ1) is 12.1.